The third-order valence-corrected chi connectivity index (χ3v) is 3.63. The van der Waals surface area contributed by atoms with Crippen LogP contribution in [-0.2, 0) is 4.74 Å². The molecule has 1 rings (SSSR count). The van der Waals surface area contributed by atoms with Crippen LogP contribution in [0.2, 0.25) is 0 Å². The second-order valence-electron chi connectivity index (χ2n) is 4.73. The first-order valence-corrected chi connectivity index (χ1v) is 7.51. The zero-order chi connectivity index (χ0) is 13.4. The number of likely N-dealkylation sites (N-methyl/N-ethyl adjacent to an activating group) is 1. The highest BCUT2D eigenvalue weighted by molar-refractivity contribution is 9.10. The lowest BCUT2D eigenvalue weighted by atomic mass is 9.96. The summed E-state index contributed by atoms with van der Waals surface area (Å²) in [6.45, 7) is 9.12. The van der Waals surface area contributed by atoms with E-state index in [-0.39, 0.29) is 0 Å². The normalized spacial score (nSPS) is 12.9. The van der Waals surface area contributed by atoms with Crippen LogP contribution in [0.3, 0.4) is 0 Å². The molecule has 102 valence electrons. The van der Waals surface area contributed by atoms with Gasteiger partial charge in [-0.05, 0) is 44.4 Å². The Kier molecular flexibility index (Phi) is 7.56. The van der Waals surface area contributed by atoms with Crippen molar-refractivity contribution in [3.8, 4) is 0 Å². The van der Waals surface area contributed by atoms with Crippen molar-refractivity contribution in [3.05, 3.63) is 34.3 Å². The average Bonchev–Trinajstić information content (AvgIpc) is 2.34. The molecule has 0 aliphatic carbocycles. The number of halogens is 1. The summed E-state index contributed by atoms with van der Waals surface area (Å²) in [4.78, 5) is 0. The van der Waals surface area contributed by atoms with Gasteiger partial charge in [-0.15, -0.1) is 0 Å². The van der Waals surface area contributed by atoms with E-state index in [4.69, 9.17) is 4.74 Å². The largest absolute Gasteiger partial charge is 0.379 e. The van der Waals surface area contributed by atoms with Gasteiger partial charge in [0, 0.05) is 17.6 Å². The Labute approximate surface area is 119 Å². The third-order valence-electron chi connectivity index (χ3n) is 2.90. The fourth-order valence-corrected chi connectivity index (χ4v) is 2.55. The van der Waals surface area contributed by atoms with Crippen LogP contribution in [-0.4, -0.2) is 25.8 Å². The van der Waals surface area contributed by atoms with E-state index in [1.165, 1.54) is 10.0 Å². The van der Waals surface area contributed by atoms with Gasteiger partial charge in [-0.2, -0.15) is 0 Å². The summed E-state index contributed by atoms with van der Waals surface area (Å²) in [6, 6.07) is 8.46. The minimum absolute atomic E-state index is 0.309. The number of hydrogen-bond donors (Lipinski definition) is 1. The van der Waals surface area contributed by atoms with Gasteiger partial charge in [0.15, 0.2) is 0 Å². The molecule has 0 fully saturated rings. The molecule has 18 heavy (non-hydrogen) atoms. The Bertz CT molecular complexity index is 341. The Morgan fingerprint density at radius 1 is 1.28 bits per heavy atom. The van der Waals surface area contributed by atoms with Crippen molar-refractivity contribution in [2.24, 2.45) is 0 Å². The summed E-state index contributed by atoms with van der Waals surface area (Å²) in [5.41, 5.74) is 1.37. The van der Waals surface area contributed by atoms with Crippen LogP contribution in [0.25, 0.3) is 0 Å². The number of benzene rings is 1. The van der Waals surface area contributed by atoms with Crippen molar-refractivity contribution < 1.29 is 4.74 Å². The zero-order valence-electron chi connectivity index (χ0n) is 11.6. The standard InChI is InChI=1S/C15H24BrNO/c1-4-17-11-13(9-10-18-12(2)3)14-7-5-6-8-15(14)16/h5-8,12-13,17H,4,9-11H2,1-3H3. The first-order valence-electron chi connectivity index (χ1n) is 6.71. The monoisotopic (exact) mass is 313 g/mol. The maximum atomic E-state index is 5.67. The number of nitrogens with one attached hydrogen (secondary N) is 1. The zero-order valence-corrected chi connectivity index (χ0v) is 13.2. The number of hydrogen-bond acceptors (Lipinski definition) is 2. The lowest BCUT2D eigenvalue weighted by molar-refractivity contribution is 0.0733. The van der Waals surface area contributed by atoms with E-state index in [0.29, 0.717) is 12.0 Å². The van der Waals surface area contributed by atoms with Gasteiger partial charge in [0.2, 0.25) is 0 Å². The van der Waals surface area contributed by atoms with Crippen LogP contribution in [0.4, 0.5) is 0 Å². The molecule has 0 saturated carbocycles. The highest BCUT2D eigenvalue weighted by Crippen LogP contribution is 2.27. The second kappa shape index (κ2) is 8.68. The molecule has 0 spiro atoms. The van der Waals surface area contributed by atoms with Crippen LogP contribution < -0.4 is 5.32 Å². The van der Waals surface area contributed by atoms with Crippen molar-refractivity contribution in [1.29, 1.82) is 0 Å². The number of rotatable bonds is 8. The lowest BCUT2D eigenvalue weighted by Gasteiger charge is -2.20. The van der Waals surface area contributed by atoms with Crippen molar-refractivity contribution >= 4 is 15.9 Å². The summed E-state index contributed by atoms with van der Waals surface area (Å²) in [5, 5.41) is 3.44. The fourth-order valence-electron chi connectivity index (χ4n) is 1.94. The molecule has 0 heterocycles. The minimum Gasteiger partial charge on any atom is -0.379 e. The Hall–Kier alpha value is -0.380. The van der Waals surface area contributed by atoms with Gasteiger partial charge in [-0.3, -0.25) is 0 Å². The van der Waals surface area contributed by atoms with Gasteiger partial charge in [0.1, 0.15) is 0 Å². The van der Waals surface area contributed by atoms with Gasteiger partial charge in [-0.1, -0.05) is 41.1 Å². The first kappa shape index (κ1) is 15.7. The minimum atomic E-state index is 0.309. The van der Waals surface area contributed by atoms with Crippen LogP contribution in [0.15, 0.2) is 28.7 Å². The summed E-state index contributed by atoms with van der Waals surface area (Å²) in [7, 11) is 0. The summed E-state index contributed by atoms with van der Waals surface area (Å²) < 4.78 is 6.86. The topological polar surface area (TPSA) is 21.3 Å². The molecule has 0 aliphatic heterocycles. The Balaban J connectivity index is 2.62. The smallest absolute Gasteiger partial charge is 0.0518 e. The molecule has 1 aromatic rings. The SMILES string of the molecule is CCNCC(CCOC(C)C)c1ccccc1Br. The molecule has 1 unspecified atom stereocenters. The number of ether oxygens (including phenoxy) is 1. The molecule has 0 radical (unpaired) electrons. The molecule has 3 heteroatoms. The van der Waals surface area contributed by atoms with E-state index in [0.717, 1.165) is 26.1 Å². The van der Waals surface area contributed by atoms with E-state index >= 15 is 0 Å². The van der Waals surface area contributed by atoms with Crippen molar-refractivity contribution in [2.75, 3.05) is 19.7 Å². The van der Waals surface area contributed by atoms with E-state index in [2.05, 4.69) is 66.3 Å². The van der Waals surface area contributed by atoms with Gasteiger partial charge >= 0.3 is 0 Å². The van der Waals surface area contributed by atoms with Crippen LogP contribution >= 0.6 is 15.9 Å². The quantitative estimate of drug-likeness (QED) is 0.784. The molecule has 0 bridgehead atoms. The first-order chi connectivity index (χ1) is 8.65. The van der Waals surface area contributed by atoms with Crippen LogP contribution in [0.1, 0.15) is 38.7 Å². The summed E-state index contributed by atoms with van der Waals surface area (Å²) in [6.07, 6.45) is 1.36. The highest BCUT2D eigenvalue weighted by Gasteiger charge is 2.14. The van der Waals surface area contributed by atoms with Gasteiger partial charge in [-0.25, -0.2) is 0 Å². The van der Waals surface area contributed by atoms with Gasteiger partial charge in [0.25, 0.3) is 0 Å². The predicted molar refractivity (Wildman–Crippen MR) is 81.1 cm³/mol. The van der Waals surface area contributed by atoms with E-state index < -0.39 is 0 Å². The molecular weight excluding hydrogens is 290 g/mol. The van der Waals surface area contributed by atoms with E-state index in [9.17, 15) is 0 Å². The molecule has 1 atom stereocenters. The van der Waals surface area contributed by atoms with Crippen molar-refractivity contribution in [1.82, 2.24) is 5.32 Å². The van der Waals surface area contributed by atoms with Crippen molar-refractivity contribution in [3.63, 3.8) is 0 Å². The molecular formula is C15H24BrNO. The average molecular weight is 314 g/mol. The highest BCUT2D eigenvalue weighted by atomic mass is 79.9. The molecule has 1 N–H and O–H groups in total. The summed E-state index contributed by atoms with van der Waals surface area (Å²) in [5.74, 6) is 0.499. The lowest BCUT2D eigenvalue weighted by Crippen LogP contribution is -2.23. The van der Waals surface area contributed by atoms with Crippen molar-refractivity contribution in [2.45, 2.75) is 39.2 Å². The van der Waals surface area contributed by atoms with E-state index in [1.807, 2.05) is 0 Å². The van der Waals surface area contributed by atoms with Crippen LogP contribution in [0.5, 0.6) is 0 Å². The second-order valence-corrected chi connectivity index (χ2v) is 5.59. The molecule has 1 aromatic carbocycles. The van der Waals surface area contributed by atoms with Gasteiger partial charge in [0.05, 0.1) is 6.10 Å². The molecule has 0 aromatic heterocycles. The predicted octanol–water partition coefficient (Wildman–Crippen LogP) is 3.96. The fraction of sp³-hybridized carbons (Fsp3) is 0.600. The maximum Gasteiger partial charge on any atom is 0.0518 e. The Morgan fingerprint density at radius 2 is 2.00 bits per heavy atom. The molecule has 0 saturated heterocycles. The molecule has 0 aliphatic rings. The van der Waals surface area contributed by atoms with Crippen LogP contribution in [0, 0.1) is 0 Å². The third kappa shape index (κ3) is 5.51. The molecule has 0 amide bonds. The maximum absolute atomic E-state index is 5.67. The summed E-state index contributed by atoms with van der Waals surface area (Å²) >= 11 is 3.64. The molecule has 2 nitrogen and oxygen atoms in total. The Morgan fingerprint density at radius 3 is 2.61 bits per heavy atom. The van der Waals surface area contributed by atoms with Gasteiger partial charge < -0.3 is 10.1 Å². The van der Waals surface area contributed by atoms with E-state index in [1.54, 1.807) is 0 Å².